The summed E-state index contributed by atoms with van der Waals surface area (Å²) in [5, 5.41) is 8.04. The lowest BCUT2D eigenvalue weighted by molar-refractivity contribution is -0.118. The van der Waals surface area contributed by atoms with Crippen LogP contribution in [-0.4, -0.2) is 48.6 Å². The zero-order valence-electron chi connectivity index (χ0n) is 17.1. The third-order valence-corrected chi connectivity index (χ3v) is 5.47. The zero-order chi connectivity index (χ0) is 20.4. The molecule has 1 amide bonds. The van der Waals surface area contributed by atoms with Crippen molar-refractivity contribution >= 4 is 17.8 Å². The number of fused-ring (bicyclic) bond motifs is 1. The highest BCUT2D eigenvalue weighted by Crippen LogP contribution is 2.47. The van der Waals surface area contributed by atoms with Gasteiger partial charge >= 0.3 is 5.97 Å². The van der Waals surface area contributed by atoms with Crippen LogP contribution in [0.1, 0.15) is 62.0 Å². The summed E-state index contributed by atoms with van der Waals surface area (Å²) in [4.78, 5) is 31.2. The van der Waals surface area contributed by atoms with Crippen LogP contribution >= 0.6 is 0 Å². The van der Waals surface area contributed by atoms with Crippen molar-refractivity contribution in [2.45, 2.75) is 52.7 Å². The Morgan fingerprint density at radius 2 is 2.07 bits per heavy atom. The van der Waals surface area contributed by atoms with Gasteiger partial charge in [-0.25, -0.2) is 14.5 Å². The van der Waals surface area contributed by atoms with E-state index in [1.54, 1.807) is 36.5 Å². The zero-order valence-corrected chi connectivity index (χ0v) is 17.1. The topological polar surface area (TPSA) is 95.1 Å². The van der Waals surface area contributed by atoms with Gasteiger partial charge in [0, 0.05) is 25.2 Å². The van der Waals surface area contributed by atoms with Crippen molar-refractivity contribution < 1.29 is 14.3 Å². The fourth-order valence-corrected chi connectivity index (χ4v) is 3.69. The maximum atomic E-state index is 12.4. The Bertz CT molecular complexity index is 954. The smallest absolute Gasteiger partial charge is 0.361 e. The Balaban J connectivity index is 1.57. The molecule has 0 bridgehead atoms. The molecule has 1 aliphatic heterocycles. The molecule has 0 radical (unpaired) electrons. The Morgan fingerprint density at radius 1 is 1.36 bits per heavy atom. The number of carbonyl (C=O) groups is 2. The second-order valence-electron chi connectivity index (χ2n) is 8.75. The van der Waals surface area contributed by atoms with E-state index >= 15 is 0 Å². The van der Waals surface area contributed by atoms with Crippen molar-refractivity contribution in [1.29, 1.82) is 0 Å². The normalized spacial score (nSPS) is 22.4. The van der Waals surface area contributed by atoms with Crippen LogP contribution in [0.2, 0.25) is 0 Å². The van der Waals surface area contributed by atoms with Crippen molar-refractivity contribution in [3.63, 3.8) is 0 Å². The molecule has 1 saturated heterocycles. The van der Waals surface area contributed by atoms with Crippen LogP contribution in [0, 0.1) is 18.8 Å². The van der Waals surface area contributed by atoms with Crippen LogP contribution in [-0.2, 0) is 16.6 Å². The van der Waals surface area contributed by atoms with Crippen molar-refractivity contribution in [3.8, 4) is 0 Å². The second kappa shape index (κ2) is 6.15. The molecule has 1 aliphatic carbocycles. The molecule has 3 heterocycles. The van der Waals surface area contributed by atoms with Crippen molar-refractivity contribution in [2.75, 3.05) is 11.4 Å². The highest BCUT2D eigenvalue weighted by atomic mass is 16.6. The molecule has 4 rings (SSSR count). The first-order chi connectivity index (χ1) is 13.1. The quantitative estimate of drug-likeness (QED) is 0.745. The summed E-state index contributed by atoms with van der Waals surface area (Å²) in [6.45, 7) is 10.1. The van der Waals surface area contributed by atoms with Gasteiger partial charge in [-0.2, -0.15) is 0 Å². The van der Waals surface area contributed by atoms with Gasteiger partial charge in [-0.1, -0.05) is 5.21 Å². The van der Waals surface area contributed by atoms with Crippen molar-refractivity contribution in [1.82, 2.24) is 24.5 Å². The van der Waals surface area contributed by atoms with E-state index < -0.39 is 11.6 Å². The Hall–Kier alpha value is -2.71. The molecule has 28 heavy (non-hydrogen) atoms. The molecule has 0 aromatic carbocycles. The van der Waals surface area contributed by atoms with Gasteiger partial charge in [-0.3, -0.25) is 9.69 Å². The fourth-order valence-electron chi connectivity index (χ4n) is 3.69. The average Bonchev–Trinajstić information content (AvgIpc) is 2.94. The van der Waals surface area contributed by atoms with E-state index in [0.29, 0.717) is 11.9 Å². The minimum absolute atomic E-state index is 0.158. The summed E-state index contributed by atoms with van der Waals surface area (Å²) in [5.41, 5.74) is 1.31. The van der Waals surface area contributed by atoms with Gasteiger partial charge in [0.25, 0.3) is 0 Å². The van der Waals surface area contributed by atoms with Gasteiger partial charge in [0.1, 0.15) is 5.60 Å². The van der Waals surface area contributed by atoms with Gasteiger partial charge in [0.2, 0.25) is 11.9 Å². The standard InChI is InChI=1S/C19H26N6O3/c1-10-15(20-18(23(10)6)24-8-12-7-13(12)16(24)26)11(2)25-9-14(21-22-25)17(27)28-19(3,4)5/h9,11-13H,7-8H2,1-6H3/t11?,12-,13-/m1/s1. The van der Waals surface area contributed by atoms with Gasteiger partial charge < -0.3 is 9.30 Å². The summed E-state index contributed by atoms with van der Waals surface area (Å²) in [7, 11) is 1.92. The third kappa shape index (κ3) is 3.08. The molecule has 2 fully saturated rings. The van der Waals surface area contributed by atoms with Gasteiger partial charge in [-0.05, 0) is 47.0 Å². The highest BCUT2D eigenvalue weighted by molar-refractivity contribution is 5.98. The van der Waals surface area contributed by atoms with Gasteiger partial charge in [0.15, 0.2) is 5.69 Å². The highest BCUT2D eigenvalue weighted by Gasteiger charge is 2.53. The molecule has 1 unspecified atom stereocenters. The number of piperidine rings is 1. The minimum Gasteiger partial charge on any atom is -0.455 e. The number of hydrogen-bond donors (Lipinski definition) is 0. The monoisotopic (exact) mass is 386 g/mol. The Kier molecular flexibility index (Phi) is 4.09. The van der Waals surface area contributed by atoms with Crippen LogP contribution in [0.25, 0.3) is 0 Å². The number of imidazole rings is 1. The van der Waals surface area contributed by atoms with Crippen LogP contribution in [0.5, 0.6) is 0 Å². The van der Waals surface area contributed by atoms with E-state index in [1.807, 2.05) is 25.5 Å². The fraction of sp³-hybridized carbons (Fsp3) is 0.632. The number of carbonyl (C=O) groups excluding carboxylic acids is 2. The molecule has 2 aromatic heterocycles. The lowest BCUT2D eigenvalue weighted by Crippen LogP contribution is -2.30. The van der Waals surface area contributed by atoms with Crippen LogP contribution in [0.4, 0.5) is 5.95 Å². The van der Waals surface area contributed by atoms with Crippen molar-refractivity contribution in [3.05, 3.63) is 23.3 Å². The maximum Gasteiger partial charge on any atom is 0.361 e. The van der Waals surface area contributed by atoms with E-state index in [9.17, 15) is 9.59 Å². The minimum atomic E-state index is -0.595. The lowest BCUT2D eigenvalue weighted by Gasteiger charge is -2.18. The van der Waals surface area contributed by atoms with Crippen molar-refractivity contribution in [2.24, 2.45) is 18.9 Å². The molecular formula is C19H26N6O3. The first-order valence-corrected chi connectivity index (χ1v) is 9.56. The van der Waals surface area contributed by atoms with Crippen LogP contribution in [0.15, 0.2) is 6.20 Å². The lowest BCUT2D eigenvalue weighted by atomic mass is 10.2. The maximum absolute atomic E-state index is 12.4. The number of esters is 1. The molecule has 0 N–H and O–H groups in total. The van der Waals surface area contributed by atoms with E-state index in [1.165, 1.54) is 0 Å². The second-order valence-corrected chi connectivity index (χ2v) is 8.75. The number of nitrogens with zero attached hydrogens (tertiary/aromatic N) is 6. The number of amides is 1. The molecule has 0 spiro atoms. The van der Waals surface area contributed by atoms with E-state index in [4.69, 9.17) is 9.72 Å². The summed E-state index contributed by atoms with van der Waals surface area (Å²) in [5.74, 6) is 1.00. The van der Waals surface area contributed by atoms with Crippen LogP contribution < -0.4 is 4.90 Å². The average molecular weight is 386 g/mol. The summed E-state index contributed by atoms with van der Waals surface area (Å²) in [6, 6.07) is -0.240. The number of anilines is 1. The number of hydrogen-bond acceptors (Lipinski definition) is 6. The summed E-state index contributed by atoms with van der Waals surface area (Å²) in [6.07, 6.45) is 2.58. The molecule has 2 aliphatic rings. The number of aromatic nitrogens is 5. The molecule has 1 saturated carbocycles. The first-order valence-electron chi connectivity index (χ1n) is 9.56. The van der Waals surface area contributed by atoms with E-state index in [0.717, 1.165) is 24.4 Å². The molecule has 3 atom stereocenters. The molecule has 9 heteroatoms. The number of rotatable bonds is 4. The summed E-state index contributed by atoms with van der Waals surface area (Å²) >= 11 is 0. The predicted octanol–water partition coefficient (Wildman–Crippen LogP) is 1.87. The third-order valence-electron chi connectivity index (χ3n) is 5.47. The largest absolute Gasteiger partial charge is 0.455 e. The molecular weight excluding hydrogens is 360 g/mol. The van der Waals surface area contributed by atoms with E-state index in [2.05, 4.69) is 10.3 Å². The van der Waals surface area contributed by atoms with Gasteiger partial charge in [0.05, 0.1) is 17.9 Å². The SMILES string of the molecule is Cc1c(C(C)n2cc(C(=O)OC(C)(C)C)nn2)nc(N2C[C@H]3C[C@H]3C2=O)n1C. The summed E-state index contributed by atoms with van der Waals surface area (Å²) < 4.78 is 8.89. The van der Waals surface area contributed by atoms with Gasteiger partial charge in [-0.15, -0.1) is 5.10 Å². The molecule has 2 aromatic rings. The predicted molar refractivity (Wildman–Crippen MR) is 101 cm³/mol. The number of ether oxygens (including phenoxy) is 1. The first kappa shape index (κ1) is 18.6. The Morgan fingerprint density at radius 3 is 2.68 bits per heavy atom. The molecule has 9 nitrogen and oxygen atoms in total. The molecule has 150 valence electrons. The van der Waals surface area contributed by atoms with Crippen LogP contribution in [0.3, 0.4) is 0 Å². The van der Waals surface area contributed by atoms with E-state index in [-0.39, 0.29) is 23.6 Å². The Labute approximate surface area is 163 Å².